The summed E-state index contributed by atoms with van der Waals surface area (Å²) in [4.78, 5) is 35.8. The number of esters is 1. The van der Waals surface area contributed by atoms with Gasteiger partial charge in [0.15, 0.2) is 0 Å². The Hall–Kier alpha value is -2.93. The van der Waals surface area contributed by atoms with Crippen molar-refractivity contribution in [1.29, 1.82) is 0 Å². The molecule has 0 unspecified atom stereocenters. The molecule has 0 aliphatic rings. The van der Waals surface area contributed by atoms with E-state index in [0.717, 1.165) is 22.7 Å². The van der Waals surface area contributed by atoms with E-state index >= 15 is 0 Å². The second-order valence-corrected chi connectivity index (χ2v) is 6.65. The summed E-state index contributed by atoms with van der Waals surface area (Å²) in [5, 5.41) is 0. The molecule has 0 saturated heterocycles. The van der Waals surface area contributed by atoms with E-state index in [0.29, 0.717) is 12.1 Å². The Labute approximate surface area is 154 Å². The maximum atomic E-state index is 12.1. The molecule has 0 N–H and O–H groups in total. The second-order valence-electron chi connectivity index (χ2n) is 5.68. The van der Waals surface area contributed by atoms with Crippen molar-refractivity contribution in [1.82, 2.24) is 8.52 Å². The van der Waals surface area contributed by atoms with Crippen molar-refractivity contribution in [2.24, 2.45) is 0 Å². The normalized spacial score (nSPS) is 10.7. The topological polar surface area (TPSA) is 70.3 Å². The van der Waals surface area contributed by atoms with Crippen LogP contribution in [0.4, 0.5) is 0 Å². The zero-order valence-electron chi connectivity index (χ0n) is 14.3. The second kappa shape index (κ2) is 7.97. The van der Waals surface area contributed by atoms with Crippen LogP contribution in [0, 0.1) is 0 Å². The number of rotatable bonds is 6. The molecule has 0 aliphatic heterocycles. The van der Waals surface area contributed by atoms with Gasteiger partial charge < -0.3 is 4.74 Å². The molecule has 6 nitrogen and oxygen atoms in total. The van der Waals surface area contributed by atoms with Crippen LogP contribution in [0.25, 0.3) is 0 Å². The number of carbonyl (C=O) groups excluding carboxylic acids is 1. The molecule has 0 aliphatic carbocycles. The van der Waals surface area contributed by atoms with E-state index in [2.05, 4.69) is 0 Å². The molecule has 0 radical (unpaired) electrons. The van der Waals surface area contributed by atoms with Crippen molar-refractivity contribution in [2.45, 2.75) is 26.6 Å². The molecule has 26 heavy (non-hydrogen) atoms. The third-order valence-electron chi connectivity index (χ3n) is 3.88. The zero-order chi connectivity index (χ0) is 18.5. The number of carbonyl (C=O) groups is 1. The average Bonchev–Trinajstić information content (AvgIpc) is 2.95. The molecule has 3 rings (SSSR count). The van der Waals surface area contributed by atoms with Gasteiger partial charge in [-0.1, -0.05) is 42.5 Å². The minimum Gasteiger partial charge on any atom is -0.457 e. The fourth-order valence-electron chi connectivity index (χ4n) is 2.46. The predicted molar refractivity (Wildman–Crippen MR) is 99.6 cm³/mol. The summed E-state index contributed by atoms with van der Waals surface area (Å²) < 4.78 is 7.89. The number of nitrogens with zero attached hydrogens (tertiary/aromatic N) is 2. The molecule has 134 valence electrons. The van der Waals surface area contributed by atoms with Gasteiger partial charge in [-0.25, -0.2) is 18.1 Å². The Kier molecular flexibility index (Phi) is 5.48. The molecule has 0 bridgehead atoms. The first-order chi connectivity index (χ1) is 12.6. The Balaban J connectivity index is 1.67. The summed E-state index contributed by atoms with van der Waals surface area (Å²) in [5.41, 5.74) is 1.80. The first kappa shape index (κ1) is 17.9. The highest BCUT2D eigenvalue weighted by atomic mass is 32.1. The number of ether oxygens (including phenoxy) is 1. The van der Waals surface area contributed by atoms with Crippen LogP contribution >= 0.6 is 11.5 Å². The van der Waals surface area contributed by atoms with Crippen LogP contribution in [-0.4, -0.2) is 14.5 Å². The van der Waals surface area contributed by atoms with Gasteiger partial charge in [-0.2, -0.15) is 0 Å². The van der Waals surface area contributed by atoms with Crippen molar-refractivity contribution < 1.29 is 9.53 Å². The SMILES string of the molecule is CCn1sc(=O)n(Cc2ccc(C(=O)OCc3ccccc3)cc2)c1=O. The largest absolute Gasteiger partial charge is 0.457 e. The molecular formula is C19H18N2O4S. The van der Waals surface area contributed by atoms with Gasteiger partial charge in [0.1, 0.15) is 6.61 Å². The van der Waals surface area contributed by atoms with E-state index in [1.807, 2.05) is 37.3 Å². The van der Waals surface area contributed by atoms with Gasteiger partial charge >= 0.3 is 16.5 Å². The van der Waals surface area contributed by atoms with E-state index < -0.39 is 5.97 Å². The molecule has 0 spiro atoms. The Morgan fingerprint density at radius 1 is 1.00 bits per heavy atom. The summed E-state index contributed by atoms with van der Waals surface area (Å²) in [6, 6.07) is 16.2. The summed E-state index contributed by atoms with van der Waals surface area (Å²) in [6.45, 7) is 2.68. The van der Waals surface area contributed by atoms with Gasteiger partial charge in [0, 0.05) is 18.1 Å². The number of benzene rings is 2. The molecule has 0 amide bonds. The van der Waals surface area contributed by atoms with Crippen LogP contribution in [-0.2, 0) is 24.4 Å². The molecular weight excluding hydrogens is 352 g/mol. The van der Waals surface area contributed by atoms with Crippen molar-refractivity contribution in [3.63, 3.8) is 0 Å². The fourth-order valence-corrected chi connectivity index (χ4v) is 3.20. The van der Waals surface area contributed by atoms with Gasteiger partial charge in [-0.05, 0) is 30.2 Å². The third kappa shape index (κ3) is 4.00. The number of hydrogen-bond donors (Lipinski definition) is 0. The number of aryl methyl sites for hydroxylation is 1. The first-order valence-electron chi connectivity index (χ1n) is 8.19. The quantitative estimate of drug-likeness (QED) is 0.625. The van der Waals surface area contributed by atoms with Crippen LogP contribution < -0.4 is 10.6 Å². The first-order valence-corrected chi connectivity index (χ1v) is 8.96. The lowest BCUT2D eigenvalue weighted by Gasteiger charge is -2.06. The summed E-state index contributed by atoms with van der Waals surface area (Å²) in [6.07, 6.45) is 0. The maximum absolute atomic E-state index is 12.1. The highest BCUT2D eigenvalue weighted by Gasteiger charge is 2.11. The number of aromatic nitrogens is 2. The third-order valence-corrected chi connectivity index (χ3v) is 4.89. The molecule has 0 saturated carbocycles. The van der Waals surface area contributed by atoms with Gasteiger partial charge in [-0.3, -0.25) is 4.79 Å². The van der Waals surface area contributed by atoms with Gasteiger partial charge in [0.05, 0.1) is 12.1 Å². The van der Waals surface area contributed by atoms with E-state index in [1.54, 1.807) is 24.3 Å². The monoisotopic (exact) mass is 370 g/mol. The lowest BCUT2D eigenvalue weighted by Crippen LogP contribution is -2.29. The molecule has 3 aromatic rings. The summed E-state index contributed by atoms with van der Waals surface area (Å²) >= 11 is 0.910. The van der Waals surface area contributed by atoms with E-state index in [-0.39, 0.29) is 23.7 Å². The van der Waals surface area contributed by atoms with Crippen molar-refractivity contribution in [3.8, 4) is 0 Å². The smallest absolute Gasteiger partial charge is 0.341 e. The lowest BCUT2D eigenvalue weighted by atomic mass is 10.1. The standard InChI is InChI=1S/C19H18N2O4S/c1-2-21-18(23)20(19(24)26-21)12-14-8-10-16(11-9-14)17(22)25-13-15-6-4-3-5-7-15/h3-11H,2,12-13H2,1H3. The van der Waals surface area contributed by atoms with Gasteiger partial charge in [-0.15, -0.1) is 0 Å². The maximum Gasteiger partial charge on any atom is 0.341 e. The van der Waals surface area contributed by atoms with Crippen LogP contribution in [0.1, 0.15) is 28.4 Å². The Morgan fingerprint density at radius 3 is 2.31 bits per heavy atom. The van der Waals surface area contributed by atoms with Gasteiger partial charge in [0.25, 0.3) is 0 Å². The Morgan fingerprint density at radius 2 is 1.69 bits per heavy atom. The summed E-state index contributed by atoms with van der Waals surface area (Å²) in [5.74, 6) is -0.415. The van der Waals surface area contributed by atoms with Crippen molar-refractivity contribution in [3.05, 3.63) is 91.4 Å². The van der Waals surface area contributed by atoms with E-state index in [9.17, 15) is 14.4 Å². The number of hydrogen-bond acceptors (Lipinski definition) is 5. The minimum atomic E-state index is -0.415. The predicted octanol–water partition coefficient (Wildman–Crippen LogP) is 2.50. The van der Waals surface area contributed by atoms with Crippen LogP contribution in [0.3, 0.4) is 0 Å². The van der Waals surface area contributed by atoms with E-state index in [1.165, 1.54) is 8.52 Å². The molecule has 7 heteroatoms. The van der Waals surface area contributed by atoms with Crippen LogP contribution in [0.15, 0.2) is 64.2 Å². The minimum absolute atomic E-state index is 0.181. The van der Waals surface area contributed by atoms with E-state index in [4.69, 9.17) is 4.74 Å². The highest BCUT2D eigenvalue weighted by Crippen LogP contribution is 2.09. The zero-order valence-corrected chi connectivity index (χ0v) is 15.1. The van der Waals surface area contributed by atoms with Crippen molar-refractivity contribution in [2.75, 3.05) is 0 Å². The fraction of sp³-hybridized carbons (Fsp3) is 0.211. The molecule has 1 aromatic heterocycles. The summed E-state index contributed by atoms with van der Waals surface area (Å²) in [7, 11) is 0. The van der Waals surface area contributed by atoms with Crippen LogP contribution in [0.5, 0.6) is 0 Å². The van der Waals surface area contributed by atoms with Gasteiger partial charge in [0.2, 0.25) is 0 Å². The average molecular weight is 370 g/mol. The highest BCUT2D eigenvalue weighted by molar-refractivity contribution is 7.03. The Bertz CT molecular complexity index is 1000. The lowest BCUT2D eigenvalue weighted by molar-refractivity contribution is 0.0472. The molecule has 0 atom stereocenters. The molecule has 0 fully saturated rings. The van der Waals surface area contributed by atoms with Crippen LogP contribution in [0.2, 0.25) is 0 Å². The molecule has 2 aromatic carbocycles. The van der Waals surface area contributed by atoms with Crippen molar-refractivity contribution >= 4 is 17.5 Å². The molecule has 1 heterocycles.